The van der Waals surface area contributed by atoms with Crippen LogP contribution in [0.2, 0.25) is 0 Å². The zero-order valence-corrected chi connectivity index (χ0v) is 10.5. The molecule has 0 aliphatic heterocycles. The Labute approximate surface area is 99.0 Å². The van der Waals surface area contributed by atoms with Crippen LogP contribution < -0.4 is 4.74 Å². The van der Waals surface area contributed by atoms with Crippen LogP contribution in [0.3, 0.4) is 0 Å². The molecule has 0 spiro atoms. The molecule has 0 heterocycles. The Hall–Kier alpha value is -0.100. The van der Waals surface area contributed by atoms with Crippen molar-refractivity contribution >= 4 is 31.9 Å². The average Bonchev–Trinajstić information content (AvgIpc) is 2.16. The Balaban J connectivity index is 2.93. The number of hydrogen-bond donors (Lipinski definition) is 2. The topological polar surface area (TPSA) is 49.7 Å². The summed E-state index contributed by atoms with van der Waals surface area (Å²) in [5.41, 5.74) is 0.792. The van der Waals surface area contributed by atoms with Crippen LogP contribution >= 0.6 is 31.9 Å². The molecule has 0 atom stereocenters. The molecule has 3 nitrogen and oxygen atoms in total. The van der Waals surface area contributed by atoms with Gasteiger partial charge in [0, 0.05) is 0 Å². The molecule has 1 rings (SSSR count). The van der Waals surface area contributed by atoms with Gasteiger partial charge in [-0.05, 0) is 49.6 Å². The van der Waals surface area contributed by atoms with Crippen LogP contribution in [-0.2, 0) is 6.61 Å². The monoisotopic (exact) mass is 324 g/mol. The highest BCUT2D eigenvalue weighted by molar-refractivity contribution is 9.11. The zero-order valence-electron chi connectivity index (χ0n) is 7.33. The van der Waals surface area contributed by atoms with Crippen LogP contribution in [0, 0.1) is 0 Å². The molecule has 0 aromatic heterocycles. The predicted octanol–water partition coefficient (Wildman–Crippen LogP) is 2.07. The summed E-state index contributed by atoms with van der Waals surface area (Å²) >= 11 is 6.64. The fourth-order valence-electron chi connectivity index (χ4n) is 0.989. The minimum absolute atomic E-state index is 0.0164. The van der Waals surface area contributed by atoms with Crippen molar-refractivity contribution in [1.82, 2.24) is 0 Å². The van der Waals surface area contributed by atoms with Crippen LogP contribution in [0.5, 0.6) is 5.75 Å². The third kappa shape index (κ3) is 2.95. The van der Waals surface area contributed by atoms with E-state index in [2.05, 4.69) is 31.9 Å². The number of rotatable bonds is 4. The van der Waals surface area contributed by atoms with Crippen LogP contribution in [0.1, 0.15) is 5.56 Å². The molecule has 0 fully saturated rings. The van der Waals surface area contributed by atoms with Crippen molar-refractivity contribution in [3.8, 4) is 5.75 Å². The van der Waals surface area contributed by atoms with Crippen molar-refractivity contribution in [2.75, 3.05) is 13.2 Å². The van der Waals surface area contributed by atoms with E-state index in [9.17, 15) is 0 Å². The maximum absolute atomic E-state index is 8.93. The SMILES string of the molecule is OCCOc1c(Br)cc(CO)cc1Br. The van der Waals surface area contributed by atoms with E-state index in [0.717, 1.165) is 14.5 Å². The number of halogens is 2. The summed E-state index contributed by atoms with van der Waals surface area (Å²) in [5.74, 6) is 0.635. The first kappa shape index (κ1) is 12.0. The van der Waals surface area contributed by atoms with E-state index < -0.39 is 0 Å². The second-order valence-corrected chi connectivity index (χ2v) is 4.33. The Bertz CT molecular complexity index is 292. The van der Waals surface area contributed by atoms with Crippen molar-refractivity contribution in [3.05, 3.63) is 26.6 Å². The van der Waals surface area contributed by atoms with Gasteiger partial charge in [0.2, 0.25) is 0 Å². The van der Waals surface area contributed by atoms with Crippen LogP contribution in [0.25, 0.3) is 0 Å². The number of benzene rings is 1. The van der Waals surface area contributed by atoms with E-state index >= 15 is 0 Å². The predicted molar refractivity (Wildman–Crippen MR) is 60.3 cm³/mol. The molecule has 0 aliphatic carbocycles. The van der Waals surface area contributed by atoms with Gasteiger partial charge in [-0.25, -0.2) is 0 Å². The van der Waals surface area contributed by atoms with Gasteiger partial charge >= 0.3 is 0 Å². The minimum atomic E-state index is -0.0272. The smallest absolute Gasteiger partial charge is 0.147 e. The summed E-state index contributed by atoms with van der Waals surface area (Å²) in [7, 11) is 0. The van der Waals surface area contributed by atoms with Crippen molar-refractivity contribution in [3.63, 3.8) is 0 Å². The first-order valence-corrected chi connectivity index (χ1v) is 5.60. The standard InChI is InChI=1S/C9H10Br2O3/c10-7-3-6(5-13)4-8(11)9(7)14-2-1-12/h3-4,12-13H,1-2,5H2. The number of aliphatic hydroxyl groups excluding tert-OH is 2. The van der Waals surface area contributed by atoms with Gasteiger partial charge in [0.05, 0.1) is 22.2 Å². The van der Waals surface area contributed by atoms with Gasteiger partial charge in [-0.2, -0.15) is 0 Å². The van der Waals surface area contributed by atoms with Crippen molar-refractivity contribution in [2.45, 2.75) is 6.61 Å². The Morgan fingerprint density at radius 3 is 2.14 bits per heavy atom. The van der Waals surface area contributed by atoms with Crippen molar-refractivity contribution in [2.24, 2.45) is 0 Å². The number of ether oxygens (including phenoxy) is 1. The molecule has 1 aromatic rings. The van der Waals surface area contributed by atoms with Crippen LogP contribution in [0.15, 0.2) is 21.1 Å². The zero-order chi connectivity index (χ0) is 10.6. The van der Waals surface area contributed by atoms with Crippen molar-refractivity contribution in [1.29, 1.82) is 0 Å². The second-order valence-electron chi connectivity index (χ2n) is 2.62. The third-order valence-electron chi connectivity index (χ3n) is 1.58. The van der Waals surface area contributed by atoms with E-state index in [1.807, 2.05) is 0 Å². The Morgan fingerprint density at radius 2 is 1.71 bits per heavy atom. The molecule has 0 radical (unpaired) electrons. The molecule has 2 N–H and O–H groups in total. The summed E-state index contributed by atoms with van der Waals surface area (Å²) in [5, 5.41) is 17.5. The molecule has 78 valence electrons. The lowest BCUT2D eigenvalue weighted by molar-refractivity contribution is 0.199. The van der Waals surface area contributed by atoms with E-state index in [1.54, 1.807) is 12.1 Å². The average molecular weight is 326 g/mol. The molecule has 1 aromatic carbocycles. The molecule has 0 amide bonds. The molecular weight excluding hydrogens is 316 g/mol. The molecule has 5 heteroatoms. The van der Waals surface area contributed by atoms with Crippen molar-refractivity contribution < 1.29 is 14.9 Å². The molecule has 0 unspecified atom stereocenters. The van der Waals surface area contributed by atoms with Crippen LogP contribution in [0.4, 0.5) is 0 Å². The largest absolute Gasteiger partial charge is 0.489 e. The summed E-state index contributed by atoms with van der Waals surface area (Å²) in [6.07, 6.45) is 0. The highest BCUT2D eigenvalue weighted by atomic mass is 79.9. The van der Waals surface area contributed by atoms with E-state index in [4.69, 9.17) is 14.9 Å². The molecule has 14 heavy (non-hydrogen) atoms. The fraction of sp³-hybridized carbons (Fsp3) is 0.333. The lowest BCUT2D eigenvalue weighted by atomic mass is 10.2. The van der Waals surface area contributed by atoms with E-state index in [1.165, 1.54) is 0 Å². The summed E-state index contributed by atoms with van der Waals surface area (Å²) in [6, 6.07) is 3.55. The quantitative estimate of drug-likeness (QED) is 0.891. The second kappa shape index (κ2) is 5.70. The molecule has 0 bridgehead atoms. The summed E-state index contributed by atoms with van der Waals surface area (Å²) < 4.78 is 6.80. The van der Waals surface area contributed by atoms with E-state index in [-0.39, 0.29) is 19.8 Å². The van der Waals surface area contributed by atoms with Gasteiger partial charge in [0.1, 0.15) is 12.4 Å². The highest BCUT2D eigenvalue weighted by Crippen LogP contribution is 2.34. The van der Waals surface area contributed by atoms with Gasteiger partial charge in [0.15, 0.2) is 0 Å². The Kier molecular flexibility index (Phi) is 4.88. The number of hydrogen-bond acceptors (Lipinski definition) is 3. The molecular formula is C9H10Br2O3. The first-order chi connectivity index (χ1) is 6.69. The van der Waals surface area contributed by atoms with Gasteiger partial charge < -0.3 is 14.9 Å². The first-order valence-electron chi connectivity index (χ1n) is 4.01. The maximum atomic E-state index is 8.93. The Morgan fingerprint density at radius 1 is 1.14 bits per heavy atom. The van der Waals surface area contributed by atoms with E-state index in [0.29, 0.717) is 5.75 Å². The lowest BCUT2D eigenvalue weighted by Crippen LogP contribution is -2.03. The summed E-state index contributed by atoms with van der Waals surface area (Å²) in [4.78, 5) is 0. The molecule has 0 aliphatic rings. The van der Waals surface area contributed by atoms with Crippen LogP contribution in [-0.4, -0.2) is 23.4 Å². The van der Waals surface area contributed by atoms with Gasteiger partial charge in [0.25, 0.3) is 0 Å². The normalized spacial score (nSPS) is 10.3. The van der Waals surface area contributed by atoms with Gasteiger partial charge in [-0.1, -0.05) is 0 Å². The minimum Gasteiger partial charge on any atom is -0.489 e. The lowest BCUT2D eigenvalue weighted by Gasteiger charge is -2.10. The molecule has 0 saturated heterocycles. The molecule has 0 saturated carbocycles. The number of aliphatic hydroxyl groups is 2. The third-order valence-corrected chi connectivity index (χ3v) is 2.76. The maximum Gasteiger partial charge on any atom is 0.147 e. The fourth-order valence-corrected chi connectivity index (χ4v) is 2.50. The van der Waals surface area contributed by atoms with Gasteiger partial charge in [-0.15, -0.1) is 0 Å². The highest BCUT2D eigenvalue weighted by Gasteiger charge is 2.08. The van der Waals surface area contributed by atoms with Gasteiger partial charge in [-0.3, -0.25) is 0 Å². The summed E-state index contributed by atoms with van der Waals surface area (Å²) in [6.45, 7) is 0.202.